The van der Waals surface area contributed by atoms with Crippen molar-refractivity contribution in [1.82, 2.24) is 10.3 Å². The lowest BCUT2D eigenvalue weighted by atomic mass is 10.1. The molecule has 6 nitrogen and oxygen atoms in total. The maximum absolute atomic E-state index is 12.1. The Hall–Kier alpha value is -2.89. The van der Waals surface area contributed by atoms with Crippen LogP contribution in [0.4, 0.5) is 16.2 Å². The highest BCUT2D eigenvalue weighted by atomic mass is 16.2. The molecule has 1 saturated heterocycles. The number of urea groups is 1. The SMILES string of the molecule is O=C(CCc1cccnc1)Nc1cccc(N2CCCNC2=O)c1. The van der Waals surface area contributed by atoms with E-state index < -0.39 is 0 Å². The number of hydrogen-bond acceptors (Lipinski definition) is 3. The van der Waals surface area contributed by atoms with E-state index in [1.807, 2.05) is 36.4 Å². The molecule has 1 aliphatic heterocycles. The third-order valence-corrected chi connectivity index (χ3v) is 3.88. The smallest absolute Gasteiger partial charge is 0.321 e. The Balaban J connectivity index is 1.59. The monoisotopic (exact) mass is 324 g/mol. The van der Waals surface area contributed by atoms with Crippen LogP contribution in [0.1, 0.15) is 18.4 Å². The second kappa shape index (κ2) is 7.59. The van der Waals surface area contributed by atoms with Crippen molar-refractivity contribution in [3.63, 3.8) is 0 Å². The average Bonchev–Trinajstić information content (AvgIpc) is 2.61. The number of aromatic nitrogens is 1. The van der Waals surface area contributed by atoms with Crippen LogP contribution in [0, 0.1) is 0 Å². The van der Waals surface area contributed by atoms with Crippen LogP contribution < -0.4 is 15.5 Å². The number of rotatable bonds is 5. The molecule has 124 valence electrons. The van der Waals surface area contributed by atoms with Crippen molar-refractivity contribution in [2.24, 2.45) is 0 Å². The topological polar surface area (TPSA) is 74.3 Å². The number of carbonyl (C=O) groups excluding carboxylic acids is 2. The highest BCUT2D eigenvalue weighted by molar-refractivity contribution is 5.95. The zero-order valence-electron chi connectivity index (χ0n) is 13.4. The Bertz CT molecular complexity index is 718. The minimum Gasteiger partial charge on any atom is -0.338 e. The van der Waals surface area contributed by atoms with Gasteiger partial charge in [0.2, 0.25) is 5.91 Å². The lowest BCUT2D eigenvalue weighted by Gasteiger charge is -2.27. The number of benzene rings is 1. The first kappa shape index (κ1) is 16.0. The summed E-state index contributed by atoms with van der Waals surface area (Å²) < 4.78 is 0. The van der Waals surface area contributed by atoms with Crippen LogP contribution in [-0.2, 0) is 11.2 Å². The maximum Gasteiger partial charge on any atom is 0.321 e. The Morgan fingerprint density at radius 3 is 3.00 bits per heavy atom. The zero-order chi connectivity index (χ0) is 16.8. The molecule has 2 N–H and O–H groups in total. The molecule has 6 heteroatoms. The summed E-state index contributed by atoms with van der Waals surface area (Å²) in [5.74, 6) is -0.0564. The van der Waals surface area contributed by atoms with Gasteiger partial charge < -0.3 is 10.6 Å². The van der Waals surface area contributed by atoms with Gasteiger partial charge in [-0.3, -0.25) is 14.7 Å². The van der Waals surface area contributed by atoms with Gasteiger partial charge in [-0.1, -0.05) is 12.1 Å². The predicted octanol–water partition coefficient (Wildman–Crippen LogP) is 2.57. The summed E-state index contributed by atoms with van der Waals surface area (Å²) in [5.41, 5.74) is 2.52. The summed E-state index contributed by atoms with van der Waals surface area (Å²) >= 11 is 0. The van der Waals surface area contributed by atoms with Gasteiger partial charge in [0, 0.05) is 43.3 Å². The molecule has 1 fully saturated rings. The van der Waals surface area contributed by atoms with Gasteiger partial charge in [0.25, 0.3) is 0 Å². The molecule has 3 amide bonds. The number of hydrogen-bond donors (Lipinski definition) is 2. The largest absolute Gasteiger partial charge is 0.338 e. The van der Waals surface area contributed by atoms with E-state index in [0.29, 0.717) is 31.6 Å². The molecule has 0 radical (unpaired) electrons. The van der Waals surface area contributed by atoms with Gasteiger partial charge in [-0.25, -0.2) is 4.79 Å². The minimum absolute atomic E-state index is 0.0564. The first-order valence-corrected chi connectivity index (χ1v) is 8.06. The molecule has 3 rings (SSSR count). The van der Waals surface area contributed by atoms with E-state index in [0.717, 1.165) is 17.7 Å². The van der Waals surface area contributed by atoms with Crippen LogP contribution >= 0.6 is 0 Å². The van der Waals surface area contributed by atoms with Crippen LogP contribution in [0.2, 0.25) is 0 Å². The number of anilines is 2. The van der Waals surface area contributed by atoms with Gasteiger partial charge in [-0.15, -0.1) is 0 Å². The summed E-state index contributed by atoms with van der Waals surface area (Å²) in [6.45, 7) is 1.39. The molecule has 2 heterocycles. The Morgan fingerprint density at radius 1 is 1.29 bits per heavy atom. The molecule has 24 heavy (non-hydrogen) atoms. The van der Waals surface area contributed by atoms with Gasteiger partial charge in [0.1, 0.15) is 0 Å². The van der Waals surface area contributed by atoms with Gasteiger partial charge in [0.15, 0.2) is 0 Å². The van der Waals surface area contributed by atoms with Crippen LogP contribution in [-0.4, -0.2) is 30.0 Å². The molecule has 0 bridgehead atoms. The van der Waals surface area contributed by atoms with Crippen molar-refractivity contribution in [1.29, 1.82) is 0 Å². The van der Waals surface area contributed by atoms with Crippen molar-refractivity contribution in [3.8, 4) is 0 Å². The molecule has 0 unspecified atom stereocenters. The highest BCUT2D eigenvalue weighted by Crippen LogP contribution is 2.21. The molecule has 0 saturated carbocycles. The number of aryl methyl sites for hydroxylation is 1. The molecule has 2 aromatic rings. The fourth-order valence-electron chi connectivity index (χ4n) is 2.65. The first-order valence-electron chi connectivity index (χ1n) is 8.06. The van der Waals surface area contributed by atoms with Gasteiger partial charge in [0.05, 0.1) is 0 Å². The lowest BCUT2D eigenvalue weighted by Crippen LogP contribution is -2.46. The van der Waals surface area contributed by atoms with Crippen molar-refractivity contribution < 1.29 is 9.59 Å². The Morgan fingerprint density at radius 2 is 2.21 bits per heavy atom. The van der Waals surface area contributed by atoms with Gasteiger partial charge in [-0.2, -0.15) is 0 Å². The molecule has 0 spiro atoms. The summed E-state index contributed by atoms with van der Waals surface area (Å²) in [6, 6.07) is 11.1. The number of pyridine rings is 1. The van der Waals surface area contributed by atoms with E-state index >= 15 is 0 Å². The number of nitrogens with one attached hydrogen (secondary N) is 2. The Kier molecular flexibility index (Phi) is 5.05. The number of nitrogens with zero attached hydrogens (tertiary/aromatic N) is 2. The molecular weight excluding hydrogens is 304 g/mol. The Labute approximate surface area is 140 Å². The fourth-order valence-corrected chi connectivity index (χ4v) is 2.65. The molecule has 1 aromatic heterocycles. The molecule has 1 aliphatic rings. The third kappa shape index (κ3) is 4.10. The predicted molar refractivity (Wildman–Crippen MR) is 93.0 cm³/mol. The third-order valence-electron chi connectivity index (χ3n) is 3.88. The van der Waals surface area contributed by atoms with E-state index in [1.54, 1.807) is 17.3 Å². The minimum atomic E-state index is -0.0960. The first-order chi connectivity index (χ1) is 11.7. The normalized spacial score (nSPS) is 14.2. The van der Waals surface area contributed by atoms with Crippen LogP contribution in [0.5, 0.6) is 0 Å². The summed E-state index contributed by atoms with van der Waals surface area (Å²) in [7, 11) is 0. The van der Waals surface area contributed by atoms with Gasteiger partial charge in [-0.05, 0) is 42.7 Å². The van der Waals surface area contributed by atoms with Crippen molar-refractivity contribution in [2.75, 3.05) is 23.3 Å². The van der Waals surface area contributed by atoms with Crippen molar-refractivity contribution >= 4 is 23.3 Å². The van der Waals surface area contributed by atoms with Crippen LogP contribution in [0.15, 0.2) is 48.8 Å². The summed E-state index contributed by atoms with van der Waals surface area (Å²) in [6.07, 6.45) is 5.43. The summed E-state index contributed by atoms with van der Waals surface area (Å²) in [4.78, 5) is 29.8. The van der Waals surface area contributed by atoms with E-state index in [4.69, 9.17) is 0 Å². The highest BCUT2D eigenvalue weighted by Gasteiger charge is 2.19. The van der Waals surface area contributed by atoms with Crippen LogP contribution in [0.25, 0.3) is 0 Å². The van der Waals surface area contributed by atoms with E-state index in [9.17, 15) is 9.59 Å². The molecular formula is C18H20N4O2. The second-order valence-corrected chi connectivity index (χ2v) is 5.70. The maximum atomic E-state index is 12.1. The van der Waals surface area contributed by atoms with E-state index in [-0.39, 0.29) is 11.9 Å². The van der Waals surface area contributed by atoms with Crippen molar-refractivity contribution in [3.05, 3.63) is 54.4 Å². The van der Waals surface area contributed by atoms with E-state index in [1.165, 1.54) is 0 Å². The quantitative estimate of drug-likeness (QED) is 0.887. The molecule has 0 atom stereocenters. The van der Waals surface area contributed by atoms with E-state index in [2.05, 4.69) is 15.6 Å². The summed E-state index contributed by atoms with van der Waals surface area (Å²) in [5, 5.41) is 5.71. The zero-order valence-corrected chi connectivity index (χ0v) is 13.4. The number of carbonyl (C=O) groups is 2. The van der Waals surface area contributed by atoms with Crippen molar-refractivity contribution in [2.45, 2.75) is 19.3 Å². The second-order valence-electron chi connectivity index (χ2n) is 5.70. The molecule has 0 aliphatic carbocycles. The molecule has 1 aromatic carbocycles. The number of amides is 3. The lowest BCUT2D eigenvalue weighted by molar-refractivity contribution is -0.116. The van der Waals surface area contributed by atoms with Gasteiger partial charge >= 0.3 is 6.03 Å². The van der Waals surface area contributed by atoms with Crippen LogP contribution in [0.3, 0.4) is 0 Å². The standard InChI is InChI=1S/C18H20N4O2/c23-17(8-7-14-4-2-9-19-13-14)21-15-5-1-6-16(12-15)22-11-3-10-20-18(22)24/h1-2,4-6,9,12-13H,3,7-8,10-11H2,(H,20,24)(H,21,23). The fraction of sp³-hybridized carbons (Fsp3) is 0.278. The average molecular weight is 324 g/mol.